The Labute approximate surface area is 158 Å². The van der Waals surface area contributed by atoms with Crippen LogP contribution >= 0.6 is 11.6 Å². The second-order valence-electron chi connectivity index (χ2n) is 5.66. The molecular formula is C17H16ClF2N3O4. The Hall–Kier alpha value is -2.78. The van der Waals surface area contributed by atoms with Gasteiger partial charge in [-0.3, -0.25) is 19.8 Å². The number of nitro groups is 1. The van der Waals surface area contributed by atoms with Crippen LogP contribution in [-0.2, 0) is 11.3 Å². The molecule has 0 heterocycles. The van der Waals surface area contributed by atoms with E-state index in [0.717, 1.165) is 11.6 Å². The zero-order valence-corrected chi connectivity index (χ0v) is 15.0. The van der Waals surface area contributed by atoms with Gasteiger partial charge in [-0.05, 0) is 36.9 Å². The van der Waals surface area contributed by atoms with Crippen LogP contribution in [0.4, 0.5) is 20.2 Å². The van der Waals surface area contributed by atoms with Crippen LogP contribution < -0.4 is 10.1 Å². The normalized spacial score (nSPS) is 10.9. The van der Waals surface area contributed by atoms with Crippen molar-refractivity contribution < 1.29 is 23.2 Å². The van der Waals surface area contributed by atoms with Gasteiger partial charge < -0.3 is 10.1 Å². The molecule has 27 heavy (non-hydrogen) atoms. The number of rotatable bonds is 8. The predicted molar refractivity (Wildman–Crippen MR) is 96.1 cm³/mol. The zero-order valence-electron chi connectivity index (χ0n) is 14.2. The minimum absolute atomic E-state index is 0.0327. The van der Waals surface area contributed by atoms with Crippen molar-refractivity contribution in [2.75, 3.05) is 18.9 Å². The average molecular weight is 400 g/mol. The third-order valence-electron chi connectivity index (χ3n) is 3.45. The van der Waals surface area contributed by atoms with E-state index in [0.29, 0.717) is 6.54 Å². The summed E-state index contributed by atoms with van der Waals surface area (Å²) in [5.74, 6) is -0.398. The van der Waals surface area contributed by atoms with Gasteiger partial charge in [0.05, 0.1) is 11.5 Å². The van der Waals surface area contributed by atoms with Crippen molar-refractivity contribution in [3.8, 4) is 5.75 Å². The van der Waals surface area contributed by atoms with Crippen LogP contribution in [0, 0.1) is 10.1 Å². The first kappa shape index (κ1) is 20.5. The molecule has 0 spiro atoms. The van der Waals surface area contributed by atoms with E-state index in [1.54, 1.807) is 24.1 Å². The fraction of sp³-hybridized carbons (Fsp3) is 0.235. The first-order chi connectivity index (χ1) is 12.7. The minimum atomic E-state index is -2.89. The molecule has 0 unspecified atom stereocenters. The molecule has 144 valence electrons. The molecule has 10 heteroatoms. The molecule has 0 atom stereocenters. The molecular weight excluding hydrogens is 384 g/mol. The molecule has 0 bridgehead atoms. The van der Waals surface area contributed by atoms with Crippen molar-refractivity contribution in [2.45, 2.75) is 13.2 Å². The van der Waals surface area contributed by atoms with Crippen LogP contribution in [0.25, 0.3) is 0 Å². The van der Waals surface area contributed by atoms with E-state index < -0.39 is 17.4 Å². The Morgan fingerprint density at radius 2 is 1.96 bits per heavy atom. The fourth-order valence-corrected chi connectivity index (χ4v) is 2.51. The van der Waals surface area contributed by atoms with E-state index >= 15 is 0 Å². The van der Waals surface area contributed by atoms with Crippen molar-refractivity contribution in [3.05, 3.63) is 63.2 Å². The largest absolute Gasteiger partial charge is 0.435 e. The highest BCUT2D eigenvalue weighted by Gasteiger charge is 2.17. The number of hydrogen-bond acceptors (Lipinski definition) is 5. The van der Waals surface area contributed by atoms with E-state index in [9.17, 15) is 23.7 Å². The minimum Gasteiger partial charge on any atom is -0.435 e. The van der Waals surface area contributed by atoms with Gasteiger partial charge in [0.25, 0.3) is 5.69 Å². The van der Waals surface area contributed by atoms with Gasteiger partial charge >= 0.3 is 6.61 Å². The Morgan fingerprint density at radius 1 is 1.30 bits per heavy atom. The summed E-state index contributed by atoms with van der Waals surface area (Å²) in [6, 6.07) is 9.99. The molecule has 2 aromatic carbocycles. The fourth-order valence-electron chi connectivity index (χ4n) is 2.34. The third-order valence-corrected chi connectivity index (χ3v) is 3.68. The number of nitrogens with zero attached hydrogens (tertiary/aromatic N) is 2. The lowest BCUT2D eigenvalue weighted by Crippen LogP contribution is -2.30. The average Bonchev–Trinajstić information content (AvgIpc) is 2.57. The lowest BCUT2D eigenvalue weighted by Gasteiger charge is -2.16. The summed E-state index contributed by atoms with van der Waals surface area (Å²) < 4.78 is 28.5. The molecule has 2 aromatic rings. The van der Waals surface area contributed by atoms with Gasteiger partial charge in [0.2, 0.25) is 5.91 Å². The molecule has 0 fully saturated rings. The van der Waals surface area contributed by atoms with Gasteiger partial charge in [0, 0.05) is 17.6 Å². The van der Waals surface area contributed by atoms with E-state index in [4.69, 9.17) is 11.6 Å². The number of ether oxygens (including phenoxy) is 1. The summed E-state index contributed by atoms with van der Waals surface area (Å²) in [6.07, 6.45) is 0. The molecule has 0 saturated carbocycles. The third kappa shape index (κ3) is 6.46. The number of carbonyl (C=O) groups is 1. The number of hydrogen-bond donors (Lipinski definition) is 1. The number of likely N-dealkylation sites (N-methyl/N-ethyl adjacent to an activating group) is 1. The summed E-state index contributed by atoms with van der Waals surface area (Å²) in [7, 11) is 1.68. The number of alkyl halides is 2. The predicted octanol–water partition coefficient (Wildman–Crippen LogP) is 3.92. The topological polar surface area (TPSA) is 84.7 Å². The first-order valence-corrected chi connectivity index (χ1v) is 8.08. The van der Waals surface area contributed by atoms with Gasteiger partial charge in [-0.2, -0.15) is 8.78 Å². The number of carbonyl (C=O) groups excluding carboxylic acids is 1. The number of halogens is 3. The first-order valence-electron chi connectivity index (χ1n) is 7.70. The SMILES string of the molecule is CN(CC(=O)Nc1ccc(Cl)cc1[N+](=O)[O-])Cc1ccc(OC(F)F)cc1. The van der Waals surface area contributed by atoms with Gasteiger partial charge in [-0.1, -0.05) is 23.7 Å². The van der Waals surface area contributed by atoms with Crippen molar-refractivity contribution in [1.29, 1.82) is 0 Å². The Balaban J connectivity index is 1.93. The standard InChI is InChI=1S/C17H16ClF2N3O4/c1-22(9-11-2-5-13(6-3-11)27-17(19)20)10-16(24)21-14-7-4-12(18)8-15(14)23(25)26/h2-8,17H,9-10H2,1H3,(H,21,24). The number of amides is 1. The second-order valence-corrected chi connectivity index (χ2v) is 6.10. The molecule has 0 aliphatic rings. The van der Waals surface area contributed by atoms with Crippen molar-refractivity contribution >= 4 is 28.9 Å². The highest BCUT2D eigenvalue weighted by Crippen LogP contribution is 2.27. The molecule has 7 nitrogen and oxygen atoms in total. The highest BCUT2D eigenvalue weighted by atomic mass is 35.5. The van der Waals surface area contributed by atoms with Crippen molar-refractivity contribution in [2.24, 2.45) is 0 Å². The van der Waals surface area contributed by atoms with Gasteiger partial charge in [-0.15, -0.1) is 0 Å². The van der Waals surface area contributed by atoms with E-state index in [2.05, 4.69) is 10.1 Å². The lowest BCUT2D eigenvalue weighted by molar-refractivity contribution is -0.383. The van der Waals surface area contributed by atoms with Gasteiger partial charge in [-0.25, -0.2) is 0 Å². The smallest absolute Gasteiger partial charge is 0.387 e. The summed E-state index contributed by atoms with van der Waals surface area (Å²) in [5, 5.41) is 13.7. The van der Waals surface area contributed by atoms with Gasteiger partial charge in [0.15, 0.2) is 0 Å². The molecule has 0 aromatic heterocycles. The van der Waals surface area contributed by atoms with Crippen LogP contribution in [0.15, 0.2) is 42.5 Å². The summed E-state index contributed by atoms with van der Waals surface area (Å²) in [6.45, 7) is -2.56. The summed E-state index contributed by atoms with van der Waals surface area (Å²) in [5.41, 5.74) is 0.536. The molecule has 2 rings (SSSR count). The van der Waals surface area contributed by atoms with E-state index in [1.165, 1.54) is 24.3 Å². The van der Waals surface area contributed by atoms with E-state index in [1.807, 2.05) is 0 Å². The number of anilines is 1. The van der Waals surface area contributed by atoms with E-state index in [-0.39, 0.29) is 28.7 Å². The Bertz CT molecular complexity index is 818. The maximum absolute atomic E-state index is 12.1. The van der Waals surface area contributed by atoms with Crippen LogP contribution in [0.2, 0.25) is 5.02 Å². The lowest BCUT2D eigenvalue weighted by atomic mass is 10.2. The number of benzene rings is 2. The van der Waals surface area contributed by atoms with Gasteiger partial charge in [0.1, 0.15) is 11.4 Å². The maximum Gasteiger partial charge on any atom is 0.387 e. The number of nitrogens with one attached hydrogen (secondary N) is 1. The van der Waals surface area contributed by atoms with Crippen molar-refractivity contribution in [3.63, 3.8) is 0 Å². The Morgan fingerprint density at radius 3 is 2.56 bits per heavy atom. The maximum atomic E-state index is 12.1. The van der Waals surface area contributed by atoms with Crippen LogP contribution in [-0.4, -0.2) is 35.9 Å². The quantitative estimate of drug-likeness (QED) is 0.537. The molecule has 0 aliphatic heterocycles. The van der Waals surface area contributed by atoms with Crippen LogP contribution in [0.1, 0.15) is 5.56 Å². The van der Waals surface area contributed by atoms with Crippen molar-refractivity contribution in [1.82, 2.24) is 4.90 Å². The highest BCUT2D eigenvalue weighted by molar-refractivity contribution is 6.31. The zero-order chi connectivity index (χ0) is 20.0. The molecule has 1 N–H and O–H groups in total. The molecule has 0 aliphatic carbocycles. The number of nitro benzene ring substituents is 1. The summed E-state index contributed by atoms with van der Waals surface area (Å²) >= 11 is 5.74. The Kier molecular flexibility index (Phi) is 7.03. The molecule has 0 saturated heterocycles. The molecule has 1 amide bonds. The van der Waals surface area contributed by atoms with Crippen LogP contribution in [0.3, 0.4) is 0 Å². The summed E-state index contributed by atoms with van der Waals surface area (Å²) in [4.78, 5) is 24.2. The molecule has 0 radical (unpaired) electrons. The van der Waals surface area contributed by atoms with Crippen LogP contribution in [0.5, 0.6) is 5.75 Å². The monoisotopic (exact) mass is 399 g/mol. The second kappa shape index (κ2) is 9.24.